The minimum absolute atomic E-state index is 0.0713. The molecule has 1 fully saturated rings. The second kappa shape index (κ2) is 8.05. The molecule has 1 rings (SSSR count). The SMILES string of the molecule is CCNC(=O)C(C)NCC(=O)NC1CCOCC1. The van der Waals surface area contributed by atoms with Gasteiger partial charge in [0.05, 0.1) is 12.6 Å². The van der Waals surface area contributed by atoms with Crippen molar-refractivity contribution in [1.82, 2.24) is 16.0 Å². The van der Waals surface area contributed by atoms with E-state index < -0.39 is 0 Å². The van der Waals surface area contributed by atoms with Crippen LogP contribution >= 0.6 is 0 Å². The fourth-order valence-electron chi connectivity index (χ4n) is 1.79. The fraction of sp³-hybridized carbons (Fsp3) is 0.833. The first kappa shape index (κ1) is 14.9. The summed E-state index contributed by atoms with van der Waals surface area (Å²) in [5.41, 5.74) is 0. The van der Waals surface area contributed by atoms with E-state index in [1.165, 1.54) is 0 Å². The van der Waals surface area contributed by atoms with E-state index in [0.717, 1.165) is 12.8 Å². The Labute approximate surface area is 108 Å². The van der Waals surface area contributed by atoms with Crippen LogP contribution in [0.4, 0.5) is 0 Å². The second-order valence-corrected chi connectivity index (χ2v) is 4.45. The zero-order valence-electron chi connectivity index (χ0n) is 11.1. The summed E-state index contributed by atoms with van der Waals surface area (Å²) >= 11 is 0. The molecule has 6 heteroatoms. The first-order valence-electron chi connectivity index (χ1n) is 6.51. The van der Waals surface area contributed by atoms with Crippen LogP contribution < -0.4 is 16.0 Å². The zero-order valence-corrected chi connectivity index (χ0v) is 11.1. The maximum absolute atomic E-state index is 11.7. The van der Waals surface area contributed by atoms with Crippen LogP contribution in [0.2, 0.25) is 0 Å². The van der Waals surface area contributed by atoms with Gasteiger partial charge in [0.15, 0.2) is 0 Å². The number of carbonyl (C=O) groups is 2. The van der Waals surface area contributed by atoms with Gasteiger partial charge in [-0.05, 0) is 26.7 Å². The van der Waals surface area contributed by atoms with Crippen molar-refractivity contribution in [2.45, 2.75) is 38.8 Å². The molecule has 1 aliphatic heterocycles. The van der Waals surface area contributed by atoms with E-state index in [1.54, 1.807) is 6.92 Å². The smallest absolute Gasteiger partial charge is 0.236 e. The number of hydrogen-bond donors (Lipinski definition) is 3. The highest BCUT2D eigenvalue weighted by Gasteiger charge is 2.17. The van der Waals surface area contributed by atoms with Gasteiger partial charge in [-0.2, -0.15) is 0 Å². The third-order valence-corrected chi connectivity index (χ3v) is 2.90. The number of carbonyl (C=O) groups excluding carboxylic acids is 2. The Balaban J connectivity index is 2.17. The van der Waals surface area contributed by atoms with Crippen LogP contribution in [-0.4, -0.2) is 50.2 Å². The summed E-state index contributed by atoms with van der Waals surface area (Å²) in [6, 6.07) is -0.154. The summed E-state index contributed by atoms with van der Waals surface area (Å²) in [5.74, 6) is -0.158. The van der Waals surface area contributed by atoms with Crippen LogP contribution in [0.15, 0.2) is 0 Å². The molecule has 104 valence electrons. The predicted octanol–water partition coefficient (Wildman–Crippen LogP) is -0.604. The van der Waals surface area contributed by atoms with E-state index in [1.807, 2.05) is 6.92 Å². The minimum atomic E-state index is -0.356. The Morgan fingerprint density at radius 2 is 2.00 bits per heavy atom. The average molecular weight is 257 g/mol. The Morgan fingerprint density at radius 3 is 2.61 bits per heavy atom. The molecule has 0 saturated carbocycles. The molecular formula is C12H23N3O3. The van der Waals surface area contributed by atoms with Gasteiger partial charge < -0.3 is 15.4 Å². The molecule has 1 heterocycles. The first-order chi connectivity index (χ1) is 8.63. The molecule has 2 amide bonds. The van der Waals surface area contributed by atoms with Gasteiger partial charge in [0.2, 0.25) is 11.8 Å². The van der Waals surface area contributed by atoms with E-state index in [-0.39, 0.29) is 30.4 Å². The molecular weight excluding hydrogens is 234 g/mol. The van der Waals surface area contributed by atoms with Crippen LogP contribution in [0.3, 0.4) is 0 Å². The van der Waals surface area contributed by atoms with Gasteiger partial charge in [0.1, 0.15) is 0 Å². The van der Waals surface area contributed by atoms with Crippen molar-refractivity contribution in [3.8, 4) is 0 Å². The third kappa shape index (κ3) is 5.46. The van der Waals surface area contributed by atoms with Gasteiger partial charge in [-0.25, -0.2) is 0 Å². The van der Waals surface area contributed by atoms with Crippen LogP contribution in [0.1, 0.15) is 26.7 Å². The molecule has 1 saturated heterocycles. The maximum atomic E-state index is 11.7. The lowest BCUT2D eigenvalue weighted by Gasteiger charge is -2.23. The van der Waals surface area contributed by atoms with Crippen molar-refractivity contribution in [1.29, 1.82) is 0 Å². The topological polar surface area (TPSA) is 79.5 Å². The Bertz CT molecular complexity index is 278. The number of ether oxygens (including phenoxy) is 1. The van der Waals surface area contributed by atoms with E-state index in [9.17, 15) is 9.59 Å². The largest absolute Gasteiger partial charge is 0.381 e. The molecule has 0 radical (unpaired) electrons. The Morgan fingerprint density at radius 1 is 1.33 bits per heavy atom. The van der Waals surface area contributed by atoms with Crippen molar-refractivity contribution in [2.24, 2.45) is 0 Å². The molecule has 1 unspecified atom stereocenters. The lowest BCUT2D eigenvalue weighted by atomic mass is 10.1. The van der Waals surface area contributed by atoms with Crippen molar-refractivity contribution < 1.29 is 14.3 Å². The summed E-state index contributed by atoms with van der Waals surface area (Å²) in [7, 11) is 0. The molecule has 6 nitrogen and oxygen atoms in total. The van der Waals surface area contributed by atoms with Crippen molar-refractivity contribution in [3.05, 3.63) is 0 Å². The molecule has 1 aliphatic rings. The number of likely N-dealkylation sites (N-methyl/N-ethyl adjacent to an activating group) is 1. The van der Waals surface area contributed by atoms with Gasteiger partial charge in [-0.15, -0.1) is 0 Å². The van der Waals surface area contributed by atoms with Gasteiger partial charge in [-0.3, -0.25) is 14.9 Å². The average Bonchev–Trinajstić information content (AvgIpc) is 2.37. The zero-order chi connectivity index (χ0) is 13.4. The normalized spacial score (nSPS) is 18.1. The monoisotopic (exact) mass is 257 g/mol. The van der Waals surface area contributed by atoms with Crippen molar-refractivity contribution >= 4 is 11.8 Å². The van der Waals surface area contributed by atoms with E-state index >= 15 is 0 Å². The number of amides is 2. The summed E-state index contributed by atoms with van der Waals surface area (Å²) in [4.78, 5) is 23.1. The third-order valence-electron chi connectivity index (χ3n) is 2.90. The minimum Gasteiger partial charge on any atom is -0.381 e. The summed E-state index contributed by atoms with van der Waals surface area (Å²) in [6.45, 7) is 5.77. The van der Waals surface area contributed by atoms with Crippen molar-refractivity contribution in [2.75, 3.05) is 26.3 Å². The van der Waals surface area contributed by atoms with Gasteiger partial charge >= 0.3 is 0 Å². The van der Waals surface area contributed by atoms with Crippen LogP contribution in [0.5, 0.6) is 0 Å². The first-order valence-corrected chi connectivity index (χ1v) is 6.51. The molecule has 0 aromatic carbocycles. The fourth-order valence-corrected chi connectivity index (χ4v) is 1.79. The molecule has 0 aliphatic carbocycles. The Hall–Kier alpha value is -1.14. The highest BCUT2D eigenvalue weighted by atomic mass is 16.5. The highest BCUT2D eigenvalue weighted by molar-refractivity contribution is 5.83. The van der Waals surface area contributed by atoms with Gasteiger partial charge in [0.25, 0.3) is 0 Å². The molecule has 18 heavy (non-hydrogen) atoms. The summed E-state index contributed by atoms with van der Waals surface area (Å²) < 4.78 is 5.22. The summed E-state index contributed by atoms with van der Waals surface area (Å²) in [5, 5.41) is 8.53. The molecule has 0 bridgehead atoms. The molecule has 3 N–H and O–H groups in total. The molecule has 0 aromatic rings. The van der Waals surface area contributed by atoms with E-state index in [4.69, 9.17) is 4.74 Å². The maximum Gasteiger partial charge on any atom is 0.236 e. The van der Waals surface area contributed by atoms with Gasteiger partial charge in [-0.1, -0.05) is 0 Å². The van der Waals surface area contributed by atoms with Crippen LogP contribution in [-0.2, 0) is 14.3 Å². The van der Waals surface area contributed by atoms with E-state index in [2.05, 4.69) is 16.0 Å². The van der Waals surface area contributed by atoms with Crippen LogP contribution in [0.25, 0.3) is 0 Å². The standard InChI is InChI=1S/C12H23N3O3/c1-3-13-12(17)9(2)14-8-11(16)15-10-4-6-18-7-5-10/h9-10,14H,3-8H2,1-2H3,(H,13,17)(H,15,16). The highest BCUT2D eigenvalue weighted by Crippen LogP contribution is 2.05. The molecule has 0 aromatic heterocycles. The predicted molar refractivity (Wildman–Crippen MR) is 68.1 cm³/mol. The van der Waals surface area contributed by atoms with Crippen molar-refractivity contribution in [3.63, 3.8) is 0 Å². The quantitative estimate of drug-likeness (QED) is 0.593. The number of rotatable bonds is 6. The lowest BCUT2D eigenvalue weighted by molar-refractivity contribution is -0.123. The molecule has 1 atom stereocenters. The van der Waals surface area contributed by atoms with E-state index in [0.29, 0.717) is 19.8 Å². The lowest BCUT2D eigenvalue weighted by Crippen LogP contribution is -2.48. The second-order valence-electron chi connectivity index (χ2n) is 4.45. The number of hydrogen-bond acceptors (Lipinski definition) is 4. The van der Waals surface area contributed by atoms with Crippen LogP contribution in [0, 0.1) is 0 Å². The molecule has 0 spiro atoms. The summed E-state index contributed by atoms with van der Waals surface area (Å²) in [6.07, 6.45) is 1.72. The Kier molecular flexibility index (Phi) is 6.67. The number of nitrogens with one attached hydrogen (secondary N) is 3. The van der Waals surface area contributed by atoms with Gasteiger partial charge in [0, 0.05) is 25.8 Å².